The van der Waals surface area contributed by atoms with Crippen LogP contribution in [0.15, 0.2) is 0 Å². The Bertz CT molecular complexity index is 81.0. The lowest BCUT2D eigenvalue weighted by molar-refractivity contribution is 0.137. The molecule has 13 heavy (non-hydrogen) atoms. The topological polar surface area (TPSA) is 21.3 Å². The van der Waals surface area contributed by atoms with Gasteiger partial charge in [0, 0.05) is 13.2 Å². The minimum atomic E-state index is 0.858. The summed E-state index contributed by atoms with van der Waals surface area (Å²) < 4.78 is 5.45. The van der Waals surface area contributed by atoms with Crippen LogP contribution in [0.3, 0.4) is 0 Å². The number of rotatable bonds is 10. The maximum Gasteiger partial charge on any atom is 0.0590 e. The summed E-state index contributed by atoms with van der Waals surface area (Å²) in [7, 11) is 0. The first-order valence-corrected chi connectivity index (χ1v) is 6.43. The Balaban J connectivity index is 2.76. The average Bonchev–Trinajstić information content (AvgIpc) is 2.16. The number of ether oxygens (including phenoxy) is 1. The zero-order valence-corrected chi connectivity index (χ0v) is 9.79. The highest BCUT2D eigenvalue weighted by molar-refractivity contribution is 7.99. The van der Waals surface area contributed by atoms with E-state index in [1.54, 1.807) is 0 Å². The van der Waals surface area contributed by atoms with E-state index in [2.05, 4.69) is 19.2 Å². The lowest BCUT2D eigenvalue weighted by Gasteiger charge is -2.04. The smallest absolute Gasteiger partial charge is 0.0590 e. The Kier molecular flexibility index (Phi) is 12.5. The fraction of sp³-hybridized carbons (Fsp3) is 1.00. The van der Waals surface area contributed by atoms with Gasteiger partial charge in [0.2, 0.25) is 0 Å². The van der Waals surface area contributed by atoms with Gasteiger partial charge in [0.05, 0.1) is 6.61 Å². The summed E-state index contributed by atoms with van der Waals surface area (Å²) in [5.74, 6) is 2.46. The summed E-state index contributed by atoms with van der Waals surface area (Å²) in [5.41, 5.74) is 0. The second-order valence-corrected chi connectivity index (χ2v) is 4.31. The van der Waals surface area contributed by atoms with Crippen LogP contribution in [0.1, 0.15) is 26.7 Å². The third-order valence-electron chi connectivity index (χ3n) is 1.63. The van der Waals surface area contributed by atoms with Crippen LogP contribution in [0.5, 0.6) is 0 Å². The molecule has 0 saturated carbocycles. The Morgan fingerprint density at radius 2 is 2.00 bits per heavy atom. The SMILES string of the molecule is CCCNCCOCCCSCC. The quantitative estimate of drug-likeness (QED) is 0.552. The van der Waals surface area contributed by atoms with Gasteiger partial charge in [-0.05, 0) is 30.9 Å². The summed E-state index contributed by atoms with van der Waals surface area (Å²) >= 11 is 1.98. The summed E-state index contributed by atoms with van der Waals surface area (Å²) in [6, 6.07) is 0. The zero-order chi connectivity index (χ0) is 9.78. The van der Waals surface area contributed by atoms with Crippen LogP contribution < -0.4 is 5.32 Å². The number of hydrogen-bond acceptors (Lipinski definition) is 3. The van der Waals surface area contributed by atoms with Gasteiger partial charge < -0.3 is 10.1 Å². The molecule has 2 nitrogen and oxygen atoms in total. The fourth-order valence-electron chi connectivity index (χ4n) is 0.956. The molecule has 0 aliphatic rings. The molecule has 0 fully saturated rings. The van der Waals surface area contributed by atoms with E-state index in [4.69, 9.17) is 4.74 Å². The van der Waals surface area contributed by atoms with Crippen LogP contribution in [0.25, 0.3) is 0 Å². The zero-order valence-electron chi connectivity index (χ0n) is 8.97. The standard InChI is InChI=1S/C10H23NOS/c1-3-6-11-7-9-12-8-5-10-13-4-2/h11H,3-10H2,1-2H3. The van der Waals surface area contributed by atoms with Gasteiger partial charge in [-0.3, -0.25) is 0 Å². The molecule has 80 valence electrons. The van der Waals surface area contributed by atoms with Crippen molar-refractivity contribution in [3.63, 3.8) is 0 Å². The maximum atomic E-state index is 5.45. The Labute approximate surface area is 86.8 Å². The normalized spacial score (nSPS) is 10.6. The molecular formula is C10H23NOS. The van der Waals surface area contributed by atoms with Crippen LogP contribution in [0.2, 0.25) is 0 Å². The molecule has 0 spiro atoms. The second-order valence-electron chi connectivity index (χ2n) is 2.91. The van der Waals surface area contributed by atoms with Crippen molar-refractivity contribution >= 4 is 11.8 Å². The minimum Gasteiger partial charge on any atom is -0.380 e. The van der Waals surface area contributed by atoms with E-state index in [-0.39, 0.29) is 0 Å². The van der Waals surface area contributed by atoms with E-state index in [0.717, 1.165) is 26.3 Å². The fourth-order valence-corrected chi connectivity index (χ4v) is 1.57. The van der Waals surface area contributed by atoms with Crippen LogP contribution in [-0.2, 0) is 4.74 Å². The average molecular weight is 205 g/mol. The summed E-state index contributed by atoms with van der Waals surface area (Å²) in [6.45, 7) is 8.25. The summed E-state index contributed by atoms with van der Waals surface area (Å²) in [4.78, 5) is 0. The molecule has 0 saturated heterocycles. The van der Waals surface area contributed by atoms with E-state index >= 15 is 0 Å². The van der Waals surface area contributed by atoms with E-state index in [1.165, 1.54) is 24.3 Å². The van der Waals surface area contributed by atoms with Crippen LogP contribution in [0, 0.1) is 0 Å². The predicted molar refractivity (Wildman–Crippen MR) is 61.6 cm³/mol. The van der Waals surface area contributed by atoms with Crippen molar-refractivity contribution in [1.82, 2.24) is 5.32 Å². The molecule has 0 bridgehead atoms. The molecule has 0 aliphatic heterocycles. The molecule has 0 amide bonds. The van der Waals surface area contributed by atoms with E-state index in [1.807, 2.05) is 11.8 Å². The third-order valence-corrected chi connectivity index (χ3v) is 2.62. The van der Waals surface area contributed by atoms with Gasteiger partial charge in [0.25, 0.3) is 0 Å². The first-order valence-electron chi connectivity index (χ1n) is 5.28. The first-order chi connectivity index (χ1) is 6.41. The van der Waals surface area contributed by atoms with Gasteiger partial charge in [-0.25, -0.2) is 0 Å². The van der Waals surface area contributed by atoms with Crippen molar-refractivity contribution < 1.29 is 4.74 Å². The number of nitrogens with one attached hydrogen (secondary N) is 1. The molecule has 0 rings (SSSR count). The lowest BCUT2D eigenvalue weighted by atomic mass is 10.5. The van der Waals surface area contributed by atoms with E-state index < -0.39 is 0 Å². The molecule has 0 atom stereocenters. The molecule has 0 heterocycles. The summed E-state index contributed by atoms with van der Waals surface area (Å²) in [6.07, 6.45) is 2.39. The Morgan fingerprint density at radius 3 is 2.69 bits per heavy atom. The highest BCUT2D eigenvalue weighted by Gasteiger charge is 1.89. The highest BCUT2D eigenvalue weighted by atomic mass is 32.2. The van der Waals surface area contributed by atoms with Gasteiger partial charge in [-0.15, -0.1) is 0 Å². The number of thioether (sulfide) groups is 1. The van der Waals surface area contributed by atoms with Crippen molar-refractivity contribution in [2.45, 2.75) is 26.7 Å². The Hall–Kier alpha value is 0.270. The van der Waals surface area contributed by atoms with Crippen LogP contribution in [-0.4, -0.2) is 37.8 Å². The second kappa shape index (κ2) is 12.3. The molecule has 0 radical (unpaired) electrons. The van der Waals surface area contributed by atoms with Gasteiger partial charge in [-0.2, -0.15) is 11.8 Å². The van der Waals surface area contributed by atoms with Gasteiger partial charge in [0.15, 0.2) is 0 Å². The molecule has 0 aromatic rings. The highest BCUT2D eigenvalue weighted by Crippen LogP contribution is 2.00. The first kappa shape index (κ1) is 13.3. The molecule has 1 N–H and O–H groups in total. The van der Waals surface area contributed by atoms with Crippen molar-refractivity contribution in [1.29, 1.82) is 0 Å². The minimum absolute atomic E-state index is 0.858. The number of hydrogen-bond donors (Lipinski definition) is 1. The third kappa shape index (κ3) is 12.3. The van der Waals surface area contributed by atoms with Gasteiger partial charge >= 0.3 is 0 Å². The van der Waals surface area contributed by atoms with Crippen molar-refractivity contribution in [2.75, 3.05) is 37.8 Å². The van der Waals surface area contributed by atoms with Crippen molar-refractivity contribution in [3.05, 3.63) is 0 Å². The maximum absolute atomic E-state index is 5.45. The van der Waals surface area contributed by atoms with E-state index in [0.29, 0.717) is 0 Å². The van der Waals surface area contributed by atoms with Crippen LogP contribution in [0.4, 0.5) is 0 Å². The largest absolute Gasteiger partial charge is 0.380 e. The molecule has 0 aromatic carbocycles. The molecule has 0 aliphatic carbocycles. The van der Waals surface area contributed by atoms with Crippen molar-refractivity contribution in [2.24, 2.45) is 0 Å². The Morgan fingerprint density at radius 1 is 1.15 bits per heavy atom. The molecular weight excluding hydrogens is 182 g/mol. The lowest BCUT2D eigenvalue weighted by Crippen LogP contribution is -2.20. The molecule has 0 aromatic heterocycles. The van der Waals surface area contributed by atoms with Gasteiger partial charge in [-0.1, -0.05) is 13.8 Å². The van der Waals surface area contributed by atoms with Crippen molar-refractivity contribution in [3.8, 4) is 0 Å². The summed E-state index contributed by atoms with van der Waals surface area (Å²) in [5, 5.41) is 3.31. The molecule has 0 unspecified atom stereocenters. The predicted octanol–water partition coefficient (Wildman–Crippen LogP) is 2.15. The van der Waals surface area contributed by atoms with E-state index in [9.17, 15) is 0 Å². The van der Waals surface area contributed by atoms with Crippen LogP contribution >= 0.6 is 11.8 Å². The molecule has 3 heteroatoms. The van der Waals surface area contributed by atoms with Gasteiger partial charge in [0.1, 0.15) is 0 Å². The monoisotopic (exact) mass is 205 g/mol.